The van der Waals surface area contributed by atoms with Gasteiger partial charge in [-0.25, -0.2) is 0 Å². The van der Waals surface area contributed by atoms with Crippen LogP contribution in [0, 0.1) is 18.8 Å². The Morgan fingerprint density at radius 3 is 2.24 bits per heavy atom. The highest BCUT2D eigenvalue weighted by atomic mass is 16.5. The zero-order valence-electron chi connectivity index (χ0n) is 14.7. The molecule has 25 heavy (non-hydrogen) atoms. The molecule has 0 aliphatic carbocycles. The first kappa shape index (κ1) is 16.8. The van der Waals surface area contributed by atoms with Crippen molar-refractivity contribution in [2.45, 2.75) is 20.4 Å². The van der Waals surface area contributed by atoms with Crippen LogP contribution in [0.5, 0.6) is 17.4 Å². The summed E-state index contributed by atoms with van der Waals surface area (Å²) in [7, 11) is 3.17. The number of aromatic nitrogens is 1. The van der Waals surface area contributed by atoms with Crippen molar-refractivity contribution in [1.29, 1.82) is 0 Å². The fraction of sp³-hybridized carbons (Fsp3) is 0.263. The van der Waals surface area contributed by atoms with Crippen LogP contribution in [0.1, 0.15) is 16.7 Å². The molecule has 6 nitrogen and oxygen atoms in total. The van der Waals surface area contributed by atoms with E-state index >= 15 is 0 Å². The van der Waals surface area contributed by atoms with E-state index in [-0.39, 0.29) is 11.6 Å². The van der Waals surface area contributed by atoms with Crippen molar-refractivity contribution in [1.82, 2.24) is 4.57 Å². The molecule has 0 saturated carbocycles. The van der Waals surface area contributed by atoms with Gasteiger partial charge in [0.15, 0.2) is 5.69 Å². The summed E-state index contributed by atoms with van der Waals surface area (Å²) in [6.45, 7) is 4.24. The lowest BCUT2D eigenvalue weighted by molar-refractivity contribution is 0.392. The molecule has 0 fully saturated rings. The van der Waals surface area contributed by atoms with Crippen LogP contribution in [0.3, 0.4) is 0 Å². The van der Waals surface area contributed by atoms with Crippen molar-refractivity contribution < 1.29 is 14.6 Å². The van der Waals surface area contributed by atoms with E-state index in [1.54, 1.807) is 24.9 Å². The maximum atomic E-state index is 11.3. The summed E-state index contributed by atoms with van der Waals surface area (Å²) >= 11 is 0. The van der Waals surface area contributed by atoms with Crippen LogP contribution in [-0.2, 0) is 6.54 Å². The maximum Gasteiger partial charge on any atom is 0.222 e. The molecular formula is C19H20N2O4. The van der Waals surface area contributed by atoms with Crippen LogP contribution in [0.4, 0.5) is 5.69 Å². The average Bonchev–Trinajstić information content (AvgIpc) is 2.86. The highest BCUT2D eigenvalue weighted by molar-refractivity contribution is 5.98. The van der Waals surface area contributed by atoms with Gasteiger partial charge in [-0.15, -0.1) is 4.91 Å². The Kier molecular flexibility index (Phi) is 4.35. The quantitative estimate of drug-likeness (QED) is 0.698. The summed E-state index contributed by atoms with van der Waals surface area (Å²) in [6, 6.07) is 9.42. The van der Waals surface area contributed by atoms with E-state index in [0.29, 0.717) is 23.4 Å². The molecular weight excluding hydrogens is 320 g/mol. The molecule has 130 valence electrons. The Bertz CT molecular complexity index is 938. The number of methoxy groups -OCH3 is 2. The molecule has 0 aliphatic rings. The summed E-state index contributed by atoms with van der Waals surface area (Å²) in [5, 5.41) is 14.3. The zero-order valence-corrected chi connectivity index (χ0v) is 14.7. The summed E-state index contributed by atoms with van der Waals surface area (Å²) in [4.78, 5) is 11.3. The molecule has 3 rings (SSSR count). The Hall–Kier alpha value is -3.02. The minimum absolute atomic E-state index is 0.0716. The first-order chi connectivity index (χ1) is 12.0. The molecule has 1 heterocycles. The third-order valence-electron chi connectivity index (χ3n) is 4.30. The van der Waals surface area contributed by atoms with Gasteiger partial charge in [0, 0.05) is 11.5 Å². The van der Waals surface area contributed by atoms with Crippen LogP contribution in [0.2, 0.25) is 0 Å². The van der Waals surface area contributed by atoms with Crippen molar-refractivity contribution in [3.05, 3.63) is 51.9 Å². The van der Waals surface area contributed by atoms with E-state index in [4.69, 9.17) is 9.47 Å². The van der Waals surface area contributed by atoms with Crippen LogP contribution >= 0.6 is 0 Å². The average molecular weight is 340 g/mol. The van der Waals surface area contributed by atoms with E-state index in [0.717, 1.165) is 22.2 Å². The summed E-state index contributed by atoms with van der Waals surface area (Å²) in [5.41, 5.74) is 3.67. The van der Waals surface area contributed by atoms with Crippen molar-refractivity contribution in [2.24, 2.45) is 5.18 Å². The van der Waals surface area contributed by atoms with Gasteiger partial charge in [-0.05, 0) is 53.9 Å². The van der Waals surface area contributed by atoms with Gasteiger partial charge in [0.1, 0.15) is 11.5 Å². The number of ether oxygens (including phenoxy) is 2. The molecule has 0 saturated heterocycles. The predicted molar refractivity (Wildman–Crippen MR) is 97.2 cm³/mol. The third kappa shape index (κ3) is 2.91. The lowest BCUT2D eigenvalue weighted by Gasteiger charge is -2.11. The van der Waals surface area contributed by atoms with Crippen LogP contribution < -0.4 is 9.47 Å². The largest absolute Gasteiger partial charge is 0.497 e. The maximum absolute atomic E-state index is 11.3. The topological polar surface area (TPSA) is 73.0 Å². The van der Waals surface area contributed by atoms with Gasteiger partial charge in [0.05, 0.1) is 26.3 Å². The van der Waals surface area contributed by atoms with Crippen LogP contribution in [-0.4, -0.2) is 23.9 Å². The van der Waals surface area contributed by atoms with Gasteiger partial charge in [-0.3, -0.25) is 0 Å². The molecule has 6 heteroatoms. The SMILES string of the molecule is COc1cc(Cn2c(O)c(N=O)c3c(C)cc(C)cc32)cc(OC)c1. The van der Waals surface area contributed by atoms with E-state index in [2.05, 4.69) is 5.18 Å². The Morgan fingerprint density at radius 2 is 1.68 bits per heavy atom. The van der Waals surface area contributed by atoms with Gasteiger partial charge in [0.2, 0.25) is 5.88 Å². The first-order valence-corrected chi connectivity index (χ1v) is 7.86. The second kappa shape index (κ2) is 6.47. The molecule has 2 aromatic carbocycles. The van der Waals surface area contributed by atoms with Gasteiger partial charge in [-0.1, -0.05) is 6.07 Å². The molecule has 0 atom stereocenters. The number of fused-ring (bicyclic) bond motifs is 1. The number of benzene rings is 2. The fourth-order valence-electron chi connectivity index (χ4n) is 3.21. The van der Waals surface area contributed by atoms with E-state index < -0.39 is 0 Å². The van der Waals surface area contributed by atoms with E-state index in [9.17, 15) is 10.0 Å². The lowest BCUT2D eigenvalue weighted by atomic mass is 10.1. The smallest absolute Gasteiger partial charge is 0.222 e. The number of nitrogens with zero attached hydrogens (tertiary/aromatic N) is 2. The Morgan fingerprint density at radius 1 is 1.04 bits per heavy atom. The Labute approximate surface area is 145 Å². The number of aryl methyl sites for hydroxylation is 2. The molecule has 0 spiro atoms. The van der Waals surface area contributed by atoms with Gasteiger partial charge in [0.25, 0.3) is 0 Å². The van der Waals surface area contributed by atoms with Crippen molar-refractivity contribution >= 4 is 16.6 Å². The molecule has 0 radical (unpaired) electrons. The molecule has 0 aliphatic heterocycles. The van der Waals surface area contributed by atoms with Crippen LogP contribution in [0.25, 0.3) is 10.9 Å². The number of hydrogen-bond donors (Lipinski definition) is 1. The predicted octanol–water partition coefficient (Wildman–Crippen LogP) is 4.43. The van der Waals surface area contributed by atoms with E-state index in [1.807, 2.05) is 38.1 Å². The normalized spacial score (nSPS) is 10.9. The molecule has 3 aromatic rings. The first-order valence-electron chi connectivity index (χ1n) is 7.86. The van der Waals surface area contributed by atoms with Gasteiger partial charge < -0.3 is 19.1 Å². The van der Waals surface area contributed by atoms with Crippen molar-refractivity contribution in [3.63, 3.8) is 0 Å². The minimum atomic E-state index is -0.138. The summed E-state index contributed by atoms with van der Waals surface area (Å²) < 4.78 is 12.3. The monoisotopic (exact) mass is 340 g/mol. The van der Waals surface area contributed by atoms with E-state index in [1.165, 1.54) is 0 Å². The van der Waals surface area contributed by atoms with Crippen molar-refractivity contribution in [3.8, 4) is 17.4 Å². The molecule has 1 aromatic heterocycles. The number of rotatable bonds is 5. The Balaban J connectivity index is 2.20. The fourth-order valence-corrected chi connectivity index (χ4v) is 3.21. The highest BCUT2D eigenvalue weighted by Crippen LogP contribution is 2.41. The van der Waals surface area contributed by atoms with Crippen LogP contribution in [0.15, 0.2) is 35.5 Å². The number of hydrogen-bond acceptors (Lipinski definition) is 5. The number of nitroso groups, excluding NO2 is 1. The highest BCUT2D eigenvalue weighted by Gasteiger charge is 2.20. The lowest BCUT2D eigenvalue weighted by Crippen LogP contribution is -2.00. The van der Waals surface area contributed by atoms with Crippen molar-refractivity contribution in [2.75, 3.05) is 14.2 Å². The summed E-state index contributed by atoms with van der Waals surface area (Å²) in [5.74, 6) is 1.18. The molecule has 0 bridgehead atoms. The molecule has 1 N–H and O–H groups in total. The van der Waals surface area contributed by atoms with Gasteiger partial charge in [-0.2, -0.15) is 0 Å². The summed E-state index contributed by atoms with van der Waals surface area (Å²) in [6.07, 6.45) is 0. The molecule has 0 unspecified atom stereocenters. The third-order valence-corrected chi connectivity index (χ3v) is 4.30. The molecule has 0 amide bonds. The zero-order chi connectivity index (χ0) is 18.1. The second-order valence-electron chi connectivity index (χ2n) is 6.05. The second-order valence-corrected chi connectivity index (χ2v) is 6.05. The number of aromatic hydroxyl groups is 1. The van der Waals surface area contributed by atoms with Gasteiger partial charge >= 0.3 is 0 Å². The standard InChI is InChI=1S/C19H20N2O4/c1-11-5-12(2)17-16(6-11)21(19(22)18(17)20-23)10-13-7-14(24-3)9-15(8-13)25-4/h5-9,22H,10H2,1-4H3. The minimum Gasteiger partial charge on any atom is -0.497 e.